The van der Waals surface area contributed by atoms with Crippen LogP contribution in [0.1, 0.15) is 17.3 Å². The third-order valence-corrected chi connectivity index (χ3v) is 2.53. The van der Waals surface area contributed by atoms with Crippen LogP contribution < -0.4 is 5.32 Å². The highest BCUT2D eigenvalue weighted by Gasteiger charge is 2.14. The van der Waals surface area contributed by atoms with E-state index in [0.717, 1.165) is 6.07 Å². The van der Waals surface area contributed by atoms with Gasteiger partial charge in [0, 0.05) is 13.1 Å². The van der Waals surface area contributed by atoms with Crippen LogP contribution in [0.5, 0.6) is 5.75 Å². The lowest BCUT2D eigenvalue weighted by Crippen LogP contribution is -2.36. The molecule has 0 spiro atoms. The summed E-state index contributed by atoms with van der Waals surface area (Å²) < 4.78 is 0. The Bertz CT molecular complexity index is 475. The number of carboxylic acid groups (broad SMARTS) is 1. The Hall–Kier alpha value is -2.28. The van der Waals surface area contributed by atoms with E-state index in [1.807, 2.05) is 0 Å². The lowest BCUT2D eigenvalue weighted by atomic mass is 10.2. The first kappa shape index (κ1) is 14.8. The molecule has 0 unspecified atom stereocenters. The molecule has 0 bridgehead atoms. The molecule has 0 fully saturated rings. The van der Waals surface area contributed by atoms with Gasteiger partial charge in [0.15, 0.2) is 0 Å². The minimum atomic E-state index is -1.16. The molecule has 0 radical (unpaired) electrons. The van der Waals surface area contributed by atoms with Gasteiger partial charge in [-0.1, -0.05) is 0 Å². The fourth-order valence-corrected chi connectivity index (χ4v) is 1.49. The topological polar surface area (TPSA) is 110 Å². The van der Waals surface area contributed by atoms with Crippen molar-refractivity contribution in [3.05, 3.63) is 23.8 Å². The van der Waals surface area contributed by atoms with Gasteiger partial charge in [0.1, 0.15) is 5.75 Å². The van der Waals surface area contributed by atoms with Crippen molar-refractivity contribution in [2.75, 3.05) is 25.0 Å². The van der Waals surface area contributed by atoms with E-state index >= 15 is 0 Å². The van der Waals surface area contributed by atoms with Crippen molar-refractivity contribution >= 4 is 17.7 Å². The van der Waals surface area contributed by atoms with E-state index in [0.29, 0.717) is 6.54 Å². The third-order valence-electron chi connectivity index (χ3n) is 2.53. The smallest absolute Gasteiger partial charge is 0.335 e. The maximum absolute atomic E-state index is 11.8. The van der Waals surface area contributed by atoms with Crippen LogP contribution in [0, 0.1) is 0 Å². The number of aromatic hydroxyl groups is 1. The molecule has 1 rings (SSSR count). The summed E-state index contributed by atoms with van der Waals surface area (Å²) in [6, 6.07) is 3.17. The minimum absolute atomic E-state index is 0.0711. The molecule has 0 aliphatic rings. The van der Waals surface area contributed by atoms with Gasteiger partial charge in [-0.2, -0.15) is 0 Å². The number of aromatic carboxylic acids is 1. The van der Waals surface area contributed by atoms with E-state index in [2.05, 4.69) is 5.32 Å². The number of hydrogen-bond donors (Lipinski definition) is 4. The van der Waals surface area contributed by atoms with Crippen molar-refractivity contribution in [3.63, 3.8) is 0 Å². The number of amides is 2. The molecule has 4 N–H and O–H groups in total. The van der Waals surface area contributed by atoms with E-state index in [4.69, 9.17) is 10.2 Å². The van der Waals surface area contributed by atoms with Crippen LogP contribution in [0.2, 0.25) is 0 Å². The molecule has 19 heavy (non-hydrogen) atoms. The lowest BCUT2D eigenvalue weighted by molar-refractivity contribution is 0.0696. The highest BCUT2D eigenvalue weighted by atomic mass is 16.4. The molecule has 0 saturated carbocycles. The van der Waals surface area contributed by atoms with Gasteiger partial charge in [-0.05, 0) is 25.1 Å². The number of carbonyl (C=O) groups is 2. The molecule has 104 valence electrons. The molecule has 1 aromatic carbocycles. The monoisotopic (exact) mass is 268 g/mol. The van der Waals surface area contributed by atoms with Crippen molar-refractivity contribution in [3.8, 4) is 5.75 Å². The summed E-state index contributed by atoms with van der Waals surface area (Å²) >= 11 is 0. The summed E-state index contributed by atoms with van der Waals surface area (Å²) in [4.78, 5) is 23.8. The van der Waals surface area contributed by atoms with E-state index in [1.54, 1.807) is 6.92 Å². The van der Waals surface area contributed by atoms with Crippen LogP contribution in [0.3, 0.4) is 0 Å². The van der Waals surface area contributed by atoms with Crippen LogP contribution in [0.4, 0.5) is 10.5 Å². The van der Waals surface area contributed by atoms with Crippen molar-refractivity contribution in [2.24, 2.45) is 0 Å². The zero-order valence-electron chi connectivity index (χ0n) is 10.5. The number of urea groups is 1. The second kappa shape index (κ2) is 6.60. The number of aliphatic hydroxyl groups excluding tert-OH is 1. The Kier molecular flexibility index (Phi) is 5.13. The average molecular weight is 268 g/mol. The second-order valence-electron chi connectivity index (χ2n) is 3.77. The summed E-state index contributed by atoms with van der Waals surface area (Å²) in [5, 5.41) is 29.6. The fourth-order valence-electron chi connectivity index (χ4n) is 1.49. The van der Waals surface area contributed by atoms with Gasteiger partial charge in [0.25, 0.3) is 0 Å². The summed E-state index contributed by atoms with van der Waals surface area (Å²) in [6.07, 6.45) is 0. The zero-order chi connectivity index (χ0) is 14.4. The van der Waals surface area contributed by atoms with Gasteiger partial charge in [-0.3, -0.25) is 0 Å². The first-order chi connectivity index (χ1) is 8.99. The van der Waals surface area contributed by atoms with Crippen LogP contribution in [-0.4, -0.2) is 51.9 Å². The highest BCUT2D eigenvalue weighted by molar-refractivity contribution is 5.93. The Morgan fingerprint density at radius 1 is 1.37 bits per heavy atom. The summed E-state index contributed by atoms with van der Waals surface area (Å²) in [5.74, 6) is -1.49. The van der Waals surface area contributed by atoms with Gasteiger partial charge in [-0.15, -0.1) is 0 Å². The molecule has 2 amide bonds. The molecule has 0 atom stereocenters. The van der Waals surface area contributed by atoms with E-state index in [1.165, 1.54) is 17.0 Å². The van der Waals surface area contributed by atoms with Gasteiger partial charge in [-0.25, -0.2) is 9.59 Å². The summed E-state index contributed by atoms with van der Waals surface area (Å²) in [7, 11) is 0. The van der Waals surface area contributed by atoms with Crippen LogP contribution in [0.25, 0.3) is 0 Å². The fraction of sp³-hybridized carbons (Fsp3) is 0.333. The number of phenolic OH excluding ortho intramolecular Hbond substituents is 1. The van der Waals surface area contributed by atoms with Gasteiger partial charge in [0.05, 0.1) is 17.9 Å². The van der Waals surface area contributed by atoms with Crippen molar-refractivity contribution < 1.29 is 24.9 Å². The van der Waals surface area contributed by atoms with Gasteiger partial charge in [0.2, 0.25) is 0 Å². The predicted molar refractivity (Wildman–Crippen MR) is 68.4 cm³/mol. The third kappa shape index (κ3) is 3.85. The molecular weight excluding hydrogens is 252 g/mol. The normalized spacial score (nSPS) is 10.0. The summed E-state index contributed by atoms with van der Waals surface area (Å²) in [6.45, 7) is 2.17. The maximum atomic E-state index is 11.8. The number of anilines is 1. The van der Waals surface area contributed by atoms with Crippen LogP contribution >= 0.6 is 0 Å². The zero-order valence-corrected chi connectivity index (χ0v) is 10.5. The van der Waals surface area contributed by atoms with E-state index in [9.17, 15) is 14.7 Å². The SMILES string of the molecule is CCN(CCO)C(=O)Nc1ccc(C(=O)O)cc1O. The number of nitrogens with one attached hydrogen (secondary N) is 1. The van der Waals surface area contributed by atoms with E-state index < -0.39 is 12.0 Å². The number of likely N-dealkylation sites (N-methyl/N-ethyl adjacent to an activating group) is 1. The number of phenols is 1. The second-order valence-corrected chi connectivity index (χ2v) is 3.77. The number of carbonyl (C=O) groups excluding carboxylic acids is 1. The quantitative estimate of drug-likeness (QED) is 0.594. The van der Waals surface area contributed by atoms with Crippen molar-refractivity contribution in [2.45, 2.75) is 6.92 Å². The molecule has 7 heteroatoms. The highest BCUT2D eigenvalue weighted by Crippen LogP contribution is 2.24. The number of rotatable bonds is 5. The standard InChI is InChI=1S/C12H16N2O5/c1-2-14(5-6-15)12(19)13-9-4-3-8(11(17)18)7-10(9)16/h3-4,7,15-16H,2,5-6H2,1H3,(H,13,19)(H,17,18). The lowest BCUT2D eigenvalue weighted by Gasteiger charge is -2.20. The molecule has 0 saturated heterocycles. The molecule has 1 aromatic rings. The number of carboxylic acids is 1. The Morgan fingerprint density at radius 3 is 2.53 bits per heavy atom. The predicted octanol–water partition coefficient (Wildman–Crippen LogP) is 0.937. The molecule has 0 aliphatic carbocycles. The maximum Gasteiger partial charge on any atom is 0.335 e. The number of aliphatic hydroxyl groups is 1. The minimum Gasteiger partial charge on any atom is -0.506 e. The molecule has 7 nitrogen and oxygen atoms in total. The molecule has 0 aliphatic heterocycles. The number of benzene rings is 1. The molecule has 0 heterocycles. The first-order valence-corrected chi connectivity index (χ1v) is 5.72. The van der Waals surface area contributed by atoms with E-state index in [-0.39, 0.29) is 30.2 Å². The van der Waals surface area contributed by atoms with Crippen molar-refractivity contribution in [1.82, 2.24) is 4.90 Å². The van der Waals surface area contributed by atoms with Crippen LogP contribution in [-0.2, 0) is 0 Å². The Labute approximate surface area is 110 Å². The van der Waals surface area contributed by atoms with Crippen molar-refractivity contribution in [1.29, 1.82) is 0 Å². The largest absolute Gasteiger partial charge is 0.506 e. The number of nitrogens with zero attached hydrogens (tertiary/aromatic N) is 1. The summed E-state index contributed by atoms with van der Waals surface area (Å²) in [5.41, 5.74) is 0.0459. The molecule has 0 aromatic heterocycles. The number of hydrogen-bond acceptors (Lipinski definition) is 4. The van der Waals surface area contributed by atoms with Gasteiger partial charge >= 0.3 is 12.0 Å². The Morgan fingerprint density at radius 2 is 2.05 bits per heavy atom. The molecular formula is C12H16N2O5. The Balaban J connectivity index is 2.82. The average Bonchev–Trinajstić information content (AvgIpc) is 2.37. The first-order valence-electron chi connectivity index (χ1n) is 5.72. The van der Waals surface area contributed by atoms with Crippen LogP contribution in [0.15, 0.2) is 18.2 Å². The van der Waals surface area contributed by atoms with Gasteiger partial charge < -0.3 is 25.5 Å².